The Bertz CT molecular complexity index is 1200. The maximum atomic E-state index is 14.1. The summed E-state index contributed by atoms with van der Waals surface area (Å²) in [6.45, 7) is 4.29. The summed E-state index contributed by atoms with van der Waals surface area (Å²) in [5.41, 5.74) is 0.276. The van der Waals surface area contributed by atoms with Crippen molar-refractivity contribution in [2.45, 2.75) is 63.9 Å². The quantitative estimate of drug-likeness (QED) is 0.468. The summed E-state index contributed by atoms with van der Waals surface area (Å²) in [6.07, 6.45) is 2.33. The zero-order valence-electron chi connectivity index (χ0n) is 20.1. The lowest BCUT2D eigenvalue weighted by Crippen LogP contribution is -2.48. The number of halogens is 3. The van der Waals surface area contributed by atoms with Crippen LogP contribution in [0.2, 0.25) is 0 Å². The molecule has 1 saturated heterocycles. The SMILES string of the molecule is CC(C)CC1C2CCC(Oc3ccc(C(F)(F)F)cn3)C(C2)N1C(=O)c1ccccc1-n1nccn1. The molecule has 3 heterocycles. The lowest BCUT2D eigenvalue weighted by molar-refractivity contribution is -0.137. The molecule has 7 nitrogen and oxygen atoms in total. The molecule has 2 aliphatic rings. The van der Waals surface area contributed by atoms with Crippen LogP contribution in [0.25, 0.3) is 5.69 Å². The summed E-state index contributed by atoms with van der Waals surface area (Å²) in [4.78, 5) is 21.4. The number of hydrogen-bond acceptors (Lipinski definition) is 5. The number of pyridine rings is 1. The lowest BCUT2D eigenvalue weighted by atomic mass is 9.83. The number of fused-ring (bicyclic) bond motifs is 2. The molecule has 2 bridgehead atoms. The van der Waals surface area contributed by atoms with Gasteiger partial charge in [-0.15, -0.1) is 0 Å². The molecular weight excluding hydrogens is 471 g/mol. The number of aromatic nitrogens is 4. The van der Waals surface area contributed by atoms with E-state index < -0.39 is 11.7 Å². The minimum absolute atomic E-state index is 0.0512. The summed E-state index contributed by atoms with van der Waals surface area (Å²) >= 11 is 0. The van der Waals surface area contributed by atoms with Crippen LogP contribution < -0.4 is 4.74 Å². The van der Waals surface area contributed by atoms with E-state index in [1.807, 2.05) is 23.1 Å². The van der Waals surface area contributed by atoms with Crippen molar-refractivity contribution in [3.8, 4) is 11.6 Å². The number of likely N-dealkylation sites (tertiary alicyclic amines) is 1. The van der Waals surface area contributed by atoms with Gasteiger partial charge < -0.3 is 9.64 Å². The summed E-state index contributed by atoms with van der Waals surface area (Å²) in [5.74, 6) is 0.754. The third-order valence-corrected chi connectivity index (χ3v) is 7.11. The lowest BCUT2D eigenvalue weighted by Gasteiger charge is -2.35. The number of ether oxygens (including phenoxy) is 1. The molecule has 2 aromatic heterocycles. The summed E-state index contributed by atoms with van der Waals surface area (Å²) in [6, 6.07) is 9.32. The predicted octanol–water partition coefficient (Wildman–Crippen LogP) is 5.17. The first-order chi connectivity index (χ1) is 17.2. The van der Waals surface area contributed by atoms with Gasteiger partial charge in [0.15, 0.2) is 0 Å². The second kappa shape index (κ2) is 9.55. The Kier molecular flexibility index (Phi) is 6.44. The van der Waals surface area contributed by atoms with Crippen molar-refractivity contribution in [1.29, 1.82) is 0 Å². The Morgan fingerprint density at radius 1 is 1.11 bits per heavy atom. The van der Waals surface area contributed by atoms with Crippen molar-refractivity contribution in [2.24, 2.45) is 11.8 Å². The molecule has 5 rings (SSSR count). The van der Waals surface area contributed by atoms with E-state index in [0.717, 1.165) is 31.5 Å². The first kappa shape index (κ1) is 24.3. The molecule has 36 heavy (non-hydrogen) atoms. The molecule has 1 amide bonds. The molecule has 3 aromatic rings. The topological polar surface area (TPSA) is 73.1 Å². The first-order valence-electron chi connectivity index (χ1n) is 12.2. The number of rotatable bonds is 6. The van der Waals surface area contributed by atoms with Gasteiger partial charge >= 0.3 is 6.18 Å². The average molecular weight is 500 g/mol. The molecular formula is C26H28F3N5O2. The van der Waals surface area contributed by atoms with Crippen LogP contribution in [0.5, 0.6) is 5.88 Å². The van der Waals surface area contributed by atoms with Crippen molar-refractivity contribution in [2.75, 3.05) is 0 Å². The molecule has 4 atom stereocenters. The zero-order valence-corrected chi connectivity index (χ0v) is 20.1. The van der Waals surface area contributed by atoms with Crippen LogP contribution in [0.15, 0.2) is 55.0 Å². The Morgan fingerprint density at radius 2 is 1.86 bits per heavy atom. The van der Waals surface area contributed by atoms with Gasteiger partial charge in [0.1, 0.15) is 6.10 Å². The zero-order chi connectivity index (χ0) is 25.4. The van der Waals surface area contributed by atoms with Gasteiger partial charge in [-0.25, -0.2) is 4.98 Å². The number of benzene rings is 1. The number of amides is 1. The maximum Gasteiger partial charge on any atom is 0.417 e. The standard InChI is InChI=1S/C26H28F3N5O2/c1-16(2)13-21-17-7-9-23(36-24-10-8-18(15-30-24)26(27,28)29)22(14-17)33(21)25(35)19-5-3-4-6-20(19)34-31-11-12-32-34/h3-6,8,10-12,15-17,21-23H,7,9,13-14H2,1-2H3. The molecule has 0 spiro atoms. The molecule has 190 valence electrons. The number of hydrogen-bond donors (Lipinski definition) is 0. The maximum absolute atomic E-state index is 14.1. The van der Waals surface area contributed by atoms with Crippen molar-refractivity contribution in [3.05, 3.63) is 66.1 Å². The summed E-state index contributed by atoms with van der Waals surface area (Å²) < 4.78 is 45.0. The van der Waals surface area contributed by atoms with Crippen LogP contribution >= 0.6 is 0 Å². The Morgan fingerprint density at radius 3 is 2.53 bits per heavy atom. The molecule has 10 heteroatoms. The van der Waals surface area contributed by atoms with Gasteiger partial charge in [0.2, 0.25) is 5.88 Å². The van der Waals surface area contributed by atoms with E-state index in [-0.39, 0.29) is 30.0 Å². The van der Waals surface area contributed by atoms with E-state index in [2.05, 4.69) is 29.0 Å². The van der Waals surface area contributed by atoms with Gasteiger partial charge in [-0.3, -0.25) is 4.79 Å². The number of alkyl halides is 3. The minimum atomic E-state index is -4.46. The monoisotopic (exact) mass is 499 g/mol. The Hall–Kier alpha value is -3.43. The smallest absolute Gasteiger partial charge is 0.417 e. The highest BCUT2D eigenvalue weighted by Crippen LogP contribution is 2.45. The molecule has 0 radical (unpaired) electrons. The third-order valence-electron chi connectivity index (χ3n) is 7.11. The molecule has 1 aliphatic carbocycles. The second-order valence-electron chi connectivity index (χ2n) is 9.92. The number of nitrogens with zero attached hydrogens (tertiary/aromatic N) is 5. The van der Waals surface area contributed by atoms with Crippen molar-refractivity contribution in [1.82, 2.24) is 24.9 Å². The van der Waals surface area contributed by atoms with Crippen molar-refractivity contribution in [3.63, 3.8) is 0 Å². The molecule has 4 unspecified atom stereocenters. The van der Waals surface area contributed by atoms with Crippen LogP contribution in [0.4, 0.5) is 13.2 Å². The van der Waals surface area contributed by atoms with E-state index in [9.17, 15) is 18.0 Å². The largest absolute Gasteiger partial charge is 0.472 e. The van der Waals surface area contributed by atoms with Crippen LogP contribution in [-0.2, 0) is 6.18 Å². The van der Waals surface area contributed by atoms with Gasteiger partial charge in [0.25, 0.3) is 5.91 Å². The molecule has 2 fully saturated rings. The highest BCUT2D eigenvalue weighted by Gasteiger charge is 2.51. The minimum Gasteiger partial charge on any atom is -0.472 e. The Balaban J connectivity index is 1.45. The highest BCUT2D eigenvalue weighted by atomic mass is 19.4. The fourth-order valence-corrected chi connectivity index (χ4v) is 5.57. The average Bonchev–Trinajstić information content (AvgIpc) is 3.47. The summed E-state index contributed by atoms with van der Waals surface area (Å²) in [7, 11) is 0. The molecule has 1 aliphatic heterocycles. The van der Waals surface area contributed by atoms with E-state index in [4.69, 9.17) is 4.74 Å². The van der Waals surface area contributed by atoms with Gasteiger partial charge in [0, 0.05) is 18.3 Å². The van der Waals surface area contributed by atoms with Gasteiger partial charge in [-0.2, -0.15) is 28.2 Å². The van der Waals surface area contributed by atoms with E-state index >= 15 is 0 Å². The summed E-state index contributed by atoms with van der Waals surface area (Å²) in [5, 5.41) is 8.41. The van der Waals surface area contributed by atoms with Crippen molar-refractivity contribution < 1.29 is 22.7 Å². The predicted molar refractivity (Wildman–Crippen MR) is 126 cm³/mol. The fourth-order valence-electron chi connectivity index (χ4n) is 5.57. The van der Waals surface area contributed by atoms with Gasteiger partial charge in [-0.05, 0) is 55.7 Å². The van der Waals surface area contributed by atoms with E-state index in [1.165, 1.54) is 10.9 Å². The van der Waals surface area contributed by atoms with Gasteiger partial charge in [0.05, 0.1) is 35.2 Å². The van der Waals surface area contributed by atoms with Crippen molar-refractivity contribution >= 4 is 5.91 Å². The third kappa shape index (κ3) is 4.68. The van der Waals surface area contributed by atoms with E-state index in [1.54, 1.807) is 18.5 Å². The molecule has 1 saturated carbocycles. The van der Waals surface area contributed by atoms with Crippen LogP contribution in [0, 0.1) is 11.8 Å². The second-order valence-corrected chi connectivity index (χ2v) is 9.92. The Labute approximate surface area is 207 Å². The molecule has 0 N–H and O–H groups in total. The number of carbonyl (C=O) groups is 1. The highest BCUT2D eigenvalue weighted by molar-refractivity contribution is 5.98. The number of para-hydroxylation sites is 1. The van der Waals surface area contributed by atoms with E-state index in [0.29, 0.717) is 29.5 Å². The van der Waals surface area contributed by atoms with Crippen LogP contribution in [0.1, 0.15) is 55.5 Å². The van der Waals surface area contributed by atoms with Crippen LogP contribution in [-0.4, -0.2) is 49.0 Å². The number of carbonyl (C=O) groups excluding carboxylic acids is 1. The van der Waals surface area contributed by atoms with Gasteiger partial charge in [-0.1, -0.05) is 26.0 Å². The fraction of sp³-hybridized carbons (Fsp3) is 0.462. The van der Waals surface area contributed by atoms with Crippen LogP contribution in [0.3, 0.4) is 0 Å². The first-order valence-corrected chi connectivity index (χ1v) is 12.2. The normalized spacial score (nSPS) is 23.8. The molecule has 1 aromatic carbocycles.